The molecule has 0 aliphatic carbocycles. The highest BCUT2D eigenvalue weighted by Gasteiger charge is 2.19. The predicted octanol–water partition coefficient (Wildman–Crippen LogP) is 21.4. The SMILES string of the molecule is CCCCCCCCCC/C=C\CCCCCCCCCCCCCC(=O)OCC(COC(=O)CCCCCCCCCCC)OC(=O)CCCCCCCCCCC/C=C\CCCCCCCCCC. The van der Waals surface area contributed by atoms with Gasteiger partial charge >= 0.3 is 17.9 Å². The Hall–Kier alpha value is -2.11. The second kappa shape index (κ2) is 60.4. The number of hydrogen-bond acceptors (Lipinski definition) is 6. The van der Waals surface area contributed by atoms with Crippen molar-refractivity contribution in [1.82, 2.24) is 0 Å². The van der Waals surface area contributed by atoms with Crippen molar-refractivity contribution in [1.29, 1.82) is 0 Å². The molecule has 71 heavy (non-hydrogen) atoms. The van der Waals surface area contributed by atoms with E-state index in [1.54, 1.807) is 0 Å². The van der Waals surface area contributed by atoms with E-state index in [2.05, 4.69) is 45.1 Å². The summed E-state index contributed by atoms with van der Waals surface area (Å²) >= 11 is 0. The predicted molar refractivity (Wildman–Crippen MR) is 307 cm³/mol. The molecule has 1 unspecified atom stereocenters. The van der Waals surface area contributed by atoms with Crippen molar-refractivity contribution in [2.24, 2.45) is 0 Å². The summed E-state index contributed by atoms with van der Waals surface area (Å²) in [5.74, 6) is -0.850. The number of rotatable bonds is 59. The van der Waals surface area contributed by atoms with Crippen LogP contribution in [-0.4, -0.2) is 37.2 Å². The highest BCUT2D eigenvalue weighted by atomic mass is 16.6. The van der Waals surface area contributed by atoms with Gasteiger partial charge in [0, 0.05) is 19.3 Å². The fraction of sp³-hybridized carbons (Fsp3) is 0.892. The van der Waals surface area contributed by atoms with E-state index in [0.29, 0.717) is 19.3 Å². The van der Waals surface area contributed by atoms with Crippen LogP contribution in [0.5, 0.6) is 0 Å². The van der Waals surface area contributed by atoms with Gasteiger partial charge in [-0.2, -0.15) is 0 Å². The molecule has 0 saturated heterocycles. The Bertz CT molecular complexity index is 1150. The van der Waals surface area contributed by atoms with Crippen LogP contribution in [0.3, 0.4) is 0 Å². The van der Waals surface area contributed by atoms with E-state index in [1.807, 2.05) is 0 Å². The number of unbranched alkanes of at least 4 members (excludes halogenated alkanes) is 44. The minimum atomic E-state index is -0.768. The van der Waals surface area contributed by atoms with E-state index in [9.17, 15) is 14.4 Å². The third-order valence-electron chi connectivity index (χ3n) is 14.4. The fourth-order valence-corrected chi connectivity index (χ4v) is 9.61. The maximum absolute atomic E-state index is 12.9. The zero-order valence-corrected chi connectivity index (χ0v) is 48.0. The maximum Gasteiger partial charge on any atom is 0.306 e. The van der Waals surface area contributed by atoms with Gasteiger partial charge in [0.1, 0.15) is 13.2 Å². The third kappa shape index (κ3) is 58.7. The molecule has 0 aromatic heterocycles. The summed E-state index contributed by atoms with van der Waals surface area (Å²) < 4.78 is 16.9. The molecule has 0 aromatic rings. The van der Waals surface area contributed by atoms with E-state index in [0.717, 1.165) is 57.8 Å². The number of carbonyl (C=O) groups is 3. The molecule has 0 spiro atoms. The molecule has 0 amide bonds. The first kappa shape index (κ1) is 68.9. The highest BCUT2D eigenvalue weighted by molar-refractivity contribution is 5.71. The largest absolute Gasteiger partial charge is 0.462 e. The molecule has 0 N–H and O–H groups in total. The van der Waals surface area contributed by atoms with Crippen LogP contribution < -0.4 is 0 Å². The second-order valence-electron chi connectivity index (χ2n) is 21.7. The van der Waals surface area contributed by atoms with Crippen molar-refractivity contribution in [3.05, 3.63) is 24.3 Å². The molecular formula is C65H122O6. The highest BCUT2D eigenvalue weighted by Crippen LogP contribution is 2.17. The maximum atomic E-state index is 12.9. The molecule has 0 rings (SSSR count). The monoisotopic (exact) mass is 999 g/mol. The van der Waals surface area contributed by atoms with Gasteiger partial charge in [-0.3, -0.25) is 14.4 Å². The van der Waals surface area contributed by atoms with Gasteiger partial charge in [-0.05, 0) is 70.6 Å². The van der Waals surface area contributed by atoms with Crippen molar-refractivity contribution in [3.63, 3.8) is 0 Å². The molecule has 0 radical (unpaired) electrons. The quantitative estimate of drug-likeness (QED) is 0.0261. The Morgan fingerprint density at radius 1 is 0.268 bits per heavy atom. The van der Waals surface area contributed by atoms with Crippen molar-refractivity contribution < 1.29 is 28.6 Å². The van der Waals surface area contributed by atoms with Crippen LogP contribution in [0.15, 0.2) is 24.3 Å². The number of hydrogen-bond donors (Lipinski definition) is 0. The number of allylic oxidation sites excluding steroid dienone is 4. The minimum Gasteiger partial charge on any atom is -0.462 e. The van der Waals surface area contributed by atoms with Crippen molar-refractivity contribution in [3.8, 4) is 0 Å². The van der Waals surface area contributed by atoms with Crippen LogP contribution in [-0.2, 0) is 28.6 Å². The second-order valence-corrected chi connectivity index (χ2v) is 21.7. The van der Waals surface area contributed by atoms with E-state index >= 15 is 0 Å². The molecular weight excluding hydrogens is 877 g/mol. The molecule has 0 fully saturated rings. The van der Waals surface area contributed by atoms with Crippen LogP contribution in [0.25, 0.3) is 0 Å². The molecule has 0 saturated carbocycles. The summed E-state index contributed by atoms with van der Waals surface area (Å²) in [6.45, 7) is 6.68. The molecule has 0 bridgehead atoms. The zero-order chi connectivity index (χ0) is 51.4. The Morgan fingerprint density at radius 2 is 0.465 bits per heavy atom. The Morgan fingerprint density at radius 3 is 0.704 bits per heavy atom. The lowest BCUT2D eigenvalue weighted by Gasteiger charge is -2.18. The van der Waals surface area contributed by atoms with Crippen molar-refractivity contribution >= 4 is 17.9 Å². The van der Waals surface area contributed by atoms with Gasteiger partial charge in [-0.25, -0.2) is 0 Å². The molecule has 0 aliphatic rings. The first-order valence-electron chi connectivity index (χ1n) is 31.8. The van der Waals surface area contributed by atoms with Gasteiger partial charge in [-0.1, -0.05) is 289 Å². The average molecular weight is 1000 g/mol. The Kier molecular flexibility index (Phi) is 58.6. The average Bonchev–Trinajstić information content (AvgIpc) is 3.37. The van der Waals surface area contributed by atoms with Gasteiger partial charge in [-0.15, -0.1) is 0 Å². The molecule has 0 heterocycles. The summed E-state index contributed by atoms with van der Waals surface area (Å²) in [5.41, 5.74) is 0. The van der Waals surface area contributed by atoms with Crippen molar-refractivity contribution in [2.45, 2.75) is 361 Å². The fourth-order valence-electron chi connectivity index (χ4n) is 9.61. The van der Waals surface area contributed by atoms with Gasteiger partial charge in [0.2, 0.25) is 0 Å². The standard InChI is InChI=1S/C65H122O6/c1-4-7-10-13-16-19-21-23-25-27-29-31-32-34-35-37-39-41-43-46-49-52-55-58-64(67)70-61-62(60-69-63(66)57-54-51-48-45-18-15-12-9-6-3)71-65(68)59-56-53-50-47-44-42-40-38-36-33-30-28-26-24-22-20-17-14-11-8-5-2/h27-30,62H,4-26,31-61H2,1-3H3/b29-27-,30-28-. The molecule has 6 nitrogen and oxygen atoms in total. The summed E-state index contributed by atoms with van der Waals surface area (Å²) in [6, 6.07) is 0. The summed E-state index contributed by atoms with van der Waals surface area (Å²) in [7, 11) is 0. The molecule has 418 valence electrons. The lowest BCUT2D eigenvalue weighted by molar-refractivity contribution is -0.167. The van der Waals surface area contributed by atoms with Gasteiger partial charge in [0.15, 0.2) is 6.10 Å². The topological polar surface area (TPSA) is 78.9 Å². The van der Waals surface area contributed by atoms with Crippen LogP contribution >= 0.6 is 0 Å². The molecule has 6 heteroatoms. The van der Waals surface area contributed by atoms with Crippen LogP contribution in [0.4, 0.5) is 0 Å². The molecule has 1 atom stereocenters. The van der Waals surface area contributed by atoms with Gasteiger partial charge in [0.05, 0.1) is 0 Å². The number of carbonyl (C=O) groups excluding carboxylic acids is 3. The van der Waals surface area contributed by atoms with E-state index in [1.165, 1.54) is 257 Å². The Labute approximate surface area is 443 Å². The molecule has 0 aromatic carbocycles. The lowest BCUT2D eigenvalue weighted by atomic mass is 10.0. The summed E-state index contributed by atoms with van der Waals surface area (Å²) in [4.78, 5) is 38.2. The summed E-state index contributed by atoms with van der Waals surface area (Å²) in [5, 5.41) is 0. The number of ether oxygens (including phenoxy) is 3. The first-order chi connectivity index (χ1) is 35.0. The summed E-state index contributed by atoms with van der Waals surface area (Å²) in [6.07, 6.45) is 72.0. The van der Waals surface area contributed by atoms with Crippen LogP contribution in [0, 0.1) is 0 Å². The smallest absolute Gasteiger partial charge is 0.306 e. The van der Waals surface area contributed by atoms with E-state index in [-0.39, 0.29) is 31.1 Å². The minimum absolute atomic E-state index is 0.0678. The van der Waals surface area contributed by atoms with Crippen molar-refractivity contribution in [2.75, 3.05) is 13.2 Å². The lowest BCUT2D eigenvalue weighted by Crippen LogP contribution is -2.30. The normalized spacial score (nSPS) is 12.1. The zero-order valence-electron chi connectivity index (χ0n) is 48.0. The van der Waals surface area contributed by atoms with Gasteiger partial charge in [0.25, 0.3) is 0 Å². The van der Waals surface area contributed by atoms with Crippen LogP contribution in [0.2, 0.25) is 0 Å². The first-order valence-corrected chi connectivity index (χ1v) is 31.8. The molecule has 0 aliphatic heterocycles. The van der Waals surface area contributed by atoms with E-state index < -0.39 is 6.10 Å². The number of esters is 3. The Balaban J connectivity index is 4.18. The van der Waals surface area contributed by atoms with Gasteiger partial charge < -0.3 is 14.2 Å². The van der Waals surface area contributed by atoms with E-state index in [4.69, 9.17) is 14.2 Å². The third-order valence-corrected chi connectivity index (χ3v) is 14.4. The van der Waals surface area contributed by atoms with Crippen LogP contribution in [0.1, 0.15) is 355 Å².